The van der Waals surface area contributed by atoms with Gasteiger partial charge in [-0.05, 0) is 19.1 Å². The average molecular weight is 365 g/mol. The van der Waals surface area contributed by atoms with E-state index in [-0.39, 0.29) is 12.7 Å². The van der Waals surface area contributed by atoms with Crippen molar-refractivity contribution in [2.75, 3.05) is 6.61 Å². The van der Waals surface area contributed by atoms with Crippen molar-refractivity contribution in [2.24, 2.45) is 5.73 Å². The van der Waals surface area contributed by atoms with Crippen LogP contribution in [0.25, 0.3) is 0 Å². The Morgan fingerprint density at radius 1 is 1.17 bits per heavy atom. The van der Waals surface area contributed by atoms with Crippen molar-refractivity contribution in [1.29, 1.82) is 0 Å². The number of rotatable bonds is 4. The number of benzene rings is 1. The van der Waals surface area contributed by atoms with Gasteiger partial charge in [0.15, 0.2) is 0 Å². The molecule has 1 rings (SSSR count). The number of alkyl halides is 7. The van der Waals surface area contributed by atoms with E-state index >= 15 is 0 Å². The minimum absolute atomic E-state index is 0.248. The quantitative estimate of drug-likeness (QED) is 0.653. The first-order valence-electron chi connectivity index (χ1n) is 6.34. The van der Waals surface area contributed by atoms with Crippen LogP contribution in [0.2, 0.25) is 0 Å². The summed E-state index contributed by atoms with van der Waals surface area (Å²) in [6.45, 7) is 0.948. The zero-order chi connectivity index (χ0) is 18.9. The standard InChI is InChI=1S/C13H11F8NO2/c1-2-24-11(23)9(15)10(22)8-6(13(19,20)21)3-5(4-7(8)14)12(16,17)18/h3-4,9-10H,2,22H2,1H3/t9?,10-/m1/s1. The SMILES string of the molecule is CCOC(=O)C(F)[C@H](N)c1c(F)cc(C(F)(F)F)cc1C(F)(F)F. The number of hydrogen-bond acceptors (Lipinski definition) is 3. The Morgan fingerprint density at radius 2 is 1.71 bits per heavy atom. The van der Waals surface area contributed by atoms with Crippen molar-refractivity contribution in [2.45, 2.75) is 31.5 Å². The smallest absolute Gasteiger partial charge is 0.416 e. The summed E-state index contributed by atoms with van der Waals surface area (Å²) in [5, 5.41) is 0. The lowest BCUT2D eigenvalue weighted by atomic mass is 9.94. The van der Waals surface area contributed by atoms with E-state index < -0.39 is 59.1 Å². The van der Waals surface area contributed by atoms with Gasteiger partial charge >= 0.3 is 18.3 Å². The van der Waals surface area contributed by atoms with Crippen molar-refractivity contribution < 1.29 is 44.7 Å². The molecular formula is C13H11F8NO2. The van der Waals surface area contributed by atoms with Gasteiger partial charge in [-0.15, -0.1) is 0 Å². The summed E-state index contributed by atoms with van der Waals surface area (Å²) in [7, 11) is 0. The molecule has 1 aromatic rings. The Morgan fingerprint density at radius 3 is 2.12 bits per heavy atom. The predicted molar refractivity (Wildman–Crippen MR) is 64.9 cm³/mol. The number of hydrogen-bond donors (Lipinski definition) is 1. The molecule has 1 unspecified atom stereocenters. The molecule has 0 aliphatic rings. The molecule has 0 aliphatic heterocycles. The Labute approximate surface area is 130 Å². The predicted octanol–water partition coefficient (Wildman–Crippen LogP) is 3.76. The van der Waals surface area contributed by atoms with Crippen LogP contribution in [0.1, 0.15) is 29.7 Å². The van der Waals surface area contributed by atoms with Crippen LogP contribution < -0.4 is 5.73 Å². The second kappa shape index (κ2) is 6.91. The van der Waals surface area contributed by atoms with Crippen LogP contribution in [-0.2, 0) is 21.9 Å². The van der Waals surface area contributed by atoms with Crippen LogP contribution >= 0.6 is 0 Å². The molecule has 3 nitrogen and oxygen atoms in total. The summed E-state index contributed by atoms with van der Waals surface area (Å²) in [6.07, 6.45) is -13.6. The molecule has 0 saturated carbocycles. The molecular weight excluding hydrogens is 354 g/mol. The van der Waals surface area contributed by atoms with E-state index in [2.05, 4.69) is 4.74 Å². The summed E-state index contributed by atoms with van der Waals surface area (Å²) >= 11 is 0. The number of ether oxygens (including phenoxy) is 1. The minimum atomic E-state index is -5.45. The largest absolute Gasteiger partial charge is 0.464 e. The molecule has 24 heavy (non-hydrogen) atoms. The Balaban J connectivity index is 3.49. The molecule has 0 spiro atoms. The molecule has 11 heteroatoms. The molecule has 0 bridgehead atoms. The van der Waals surface area contributed by atoms with E-state index in [9.17, 15) is 39.9 Å². The number of nitrogens with two attached hydrogens (primary N) is 1. The fraction of sp³-hybridized carbons (Fsp3) is 0.462. The lowest BCUT2D eigenvalue weighted by molar-refractivity contribution is -0.151. The second-order valence-corrected chi connectivity index (χ2v) is 4.59. The van der Waals surface area contributed by atoms with Gasteiger partial charge in [-0.2, -0.15) is 26.3 Å². The molecule has 0 aromatic heterocycles. The van der Waals surface area contributed by atoms with Gasteiger partial charge in [0.1, 0.15) is 5.82 Å². The lowest BCUT2D eigenvalue weighted by Gasteiger charge is -2.22. The molecule has 0 saturated heterocycles. The van der Waals surface area contributed by atoms with Crippen LogP contribution in [0.3, 0.4) is 0 Å². The highest BCUT2D eigenvalue weighted by atomic mass is 19.4. The van der Waals surface area contributed by atoms with Crippen molar-refractivity contribution in [3.05, 3.63) is 34.6 Å². The average Bonchev–Trinajstić information content (AvgIpc) is 2.43. The summed E-state index contributed by atoms with van der Waals surface area (Å²) in [5.74, 6) is -3.69. The summed E-state index contributed by atoms with van der Waals surface area (Å²) in [6, 6.07) is -3.14. The van der Waals surface area contributed by atoms with Gasteiger partial charge in [-0.25, -0.2) is 13.6 Å². The van der Waals surface area contributed by atoms with Crippen molar-refractivity contribution in [3.63, 3.8) is 0 Å². The highest BCUT2D eigenvalue weighted by molar-refractivity contribution is 5.76. The maximum Gasteiger partial charge on any atom is 0.416 e. The number of carbonyl (C=O) groups is 1. The molecule has 0 amide bonds. The van der Waals surface area contributed by atoms with Gasteiger partial charge < -0.3 is 10.5 Å². The maximum atomic E-state index is 13.8. The van der Waals surface area contributed by atoms with E-state index in [1.165, 1.54) is 6.92 Å². The van der Waals surface area contributed by atoms with Gasteiger partial charge in [0.2, 0.25) is 6.17 Å². The third-order valence-corrected chi connectivity index (χ3v) is 2.92. The van der Waals surface area contributed by atoms with Gasteiger partial charge in [-0.3, -0.25) is 0 Å². The van der Waals surface area contributed by atoms with E-state index in [1.807, 2.05) is 0 Å². The number of carbonyl (C=O) groups excluding carboxylic acids is 1. The highest BCUT2D eigenvalue weighted by Crippen LogP contribution is 2.41. The maximum absolute atomic E-state index is 13.8. The third-order valence-electron chi connectivity index (χ3n) is 2.92. The van der Waals surface area contributed by atoms with E-state index in [1.54, 1.807) is 0 Å². The van der Waals surface area contributed by atoms with Gasteiger partial charge in [-0.1, -0.05) is 0 Å². The Bertz CT molecular complexity index is 611. The number of esters is 1. The molecule has 0 aliphatic carbocycles. The first kappa shape index (κ1) is 20.1. The first-order chi connectivity index (χ1) is 10.8. The molecule has 0 radical (unpaired) electrons. The van der Waals surface area contributed by atoms with E-state index in [4.69, 9.17) is 5.73 Å². The molecule has 1 aromatic carbocycles. The van der Waals surface area contributed by atoms with Crippen LogP contribution in [0.15, 0.2) is 12.1 Å². The lowest BCUT2D eigenvalue weighted by Crippen LogP contribution is -2.34. The Kier molecular flexibility index (Phi) is 5.80. The van der Waals surface area contributed by atoms with Crippen LogP contribution in [0.5, 0.6) is 0 Å². The van der Waals surface area contributed by atoms with Crippen molar-refractivity contribution in [1.82, 2.24) is 0 Å². The number of halogens is 8. The van der Waals surface area contributed by atoms with E-state index in [0.29, 0.717) is 0 Å². The zero-order valence-electron chi connectivity index (χ0n) is 11.9. The topological polar surface area (TPSA) is 52.3 Å². The van der Waals surface area contributed by atoms with Crippen LogP contribution in [0.4, 0.5) is 35.1 Å². The molecule has 0 heterocycles. The summed E-state index contributed by atoms with van der Waals surface area (Å²) < 4.78 is 108. The van der Waals surface area contributed by atoms with Gasteiger partial charge in [0, 0.05) is 5.56 Å². The Hall–Kier alpha value is -1.91. The highest BCUT2D eigenvalue weighted by Gasteiger charge is 2.43. The van der Waals surface area contributed by atoms with Crippen LogP contribution in [0, 0.1) is 5.82 Å². The normalized spacial score (nSPS) is 15.1. The van der Waals surface area contributed by atoms with Crippen LogP contribution in [-0.4, -0.2) is 18.7 Å². The second-order valence-electron chi connectivity index (χ2n) is 4.59. The van der Waals surface area contributed by atoms with Crippen molar-refractivity contribution >= 4 is 5.97 Å². The molecule has 136 valence electrons. The van der Waals surface area contributed by atoms with Crippen molar-refractivity contribution in [3.8, 4) is 0 Å². The molecule has 2 atom stereocenters. The van der Waals surface area contributed by atoms with E-state index in [0.717, 1.165) is 0 Å². The third kappa shape index (κ3) is 4.34. The fourth-order valence-corrected chi connectivity index (χ4v) is 1.87. The van der Waals surface area contributed by atoms with Gasteiger partial charge in [0.05, 0.1) is 23.8 Å². The summed E-state index contributed by atoms with van der Waals surface area (Å²) in [4.78, 5) is 11.2. The molecule has 2 N–H and O–H groups in total. The zero-order valence-corrected chi connectivity index (χ0v) is 11.9. The summed E-state index contributed by atoms with van der Waals surface area (Å²) in [5.41, 5.74) is -0.495. The fourth-order valence-electron chi connectivity index (χ4n) is 1.87. The monoisotopic (exact) mass is 365 g/mol. The minimum Gasteiger partial charge on any atom is -0.464 e. The molecule has 0 fully saturated rings. The first-order valence-corrected chi connectivity index (χ1v) is 6.34. The van der Waals surface area contributed by atoms with Gasteiger partial charge in [0.25, 0.3) is 0 Å².